The standard InChI is InChI=1S/C18H26N4O3.C2HF3O2/c1-14-11-15(20-25-14)12-21-13-17(18-16(21)5-2-9-24-18)23-10-4-8-22-7-3-6-19-22;3-2(4,5)1(6)7/h3,6-7,11,16-18H,2,4-5,8-10,12-13H2,1H3;(H,6,7)/t16-,17+,18+;/m1./s1. The summed E-state index contributed by atoms with van der Waals surface area (Å²) in [5.74, 6) is -1.90. The largest absolute Gasteiger partial charge is 0.490 e. The Bertz CT molecular complexity index is 843. The molecule has 0 unspecified atom stereocenters. The van der Waals surface area contributed by atoms with Crippen molar-refractivity contribution < 1.29 is 37.1 Å². The maximum Gasteiger partial charge on any atom is 0.490 e. The first-order valence-electron chi connectivity index (χ1n) is 10.4. The van der Waals surface area contributed by atoms with Gasteiger partial charge in [0.25, 0.3) is 0 Å². The number of aryl methyl sites for hydroxylation is 2. The van der Waals surface area contributed by atoms with Crippen LogP contribution in [0.4, 0.5) is 13.2 Å². The van der Waals surface area contributed by atoms with Gasteiger partial charge in [0.2, 0.25) is 0 Å². The van der Waals surface area contributed by atoms with Crippen LogP contribution in [-0.4, -0.2) is 75.1 Å². The van der Waals surface area contributed by atoms with Crippen molar-refractivity contribution in [3.05, 3.63) is 36.0 Å². The molecule has 4 heterocycles. The first-order chi connectivity index (χ1) is 15.2. The van der Waals surface area contributed by atoms with Crippen LogP contribution in [0.3, 0.4) is 0 Å². The third-order valence-electron chi connectivity index (χ3n) is 5.29. The van der Waals surface area contributed by atoms with Crippen molar-refractivity contribution in [1.82, 2.24) is 19.8 Å². The van der Waals surface area contributed by atoms with Gasteiger partial charge < -0.3 is 19.1 Å². The summed E-state index contributed by atoms with van der Waals surface area (Å²) in [6, 6.07) is 4.38. The lowest BCUT2D eigenvalue weighted by Gasteiger charge is -2.32. The number of carbonyl (C=O) groups is 1. The first kappa shape index (κ1) is 24.2. The van der Waals surface area contributed by atoms with Gasteiger partial charge in [0, 0.05) is 57.3 Å². The molecule has 0 bridgehead atoms. The average Bonchev–Trinajstić information content (AvgIpc) is 3.47. The summed E-state index contributed by atoms with van der Waals surface area (Å²) in [6.45, 7) is 6.08. The lowest BCUT2D eigenvalue weighted by Crippen LogP contribution is -2.41. The fraction of sp³-hybridized carbons (Fsp3) is 0.650. The molecule has 0 aromatic carbocycles. The van der Waals surface area contributed by atoms with Gasteiger partial charge in [0.1, 0.15) is 11.9 Å². The fourth-order valence-corrected chi connectivity index (χ4v) is 3.93. The molecule has 2 aromatic rings. The van der Waals surface area contributed by atoms with E-state index < -0.39 is 12.1 Å². The molecule has 4 rings (SSSR count). The minimum Gasteiger partial charge on any atom is -0.475 e. The lowest BCUT2D eigenvalue weighted by molar-refractivity contribution is -0.192. The summed E-state index contributed by atoms with van der Waals surface area (Å²) in [5.41, 5.74) is 0.987. The molecule has 2 saturated heterocycles. The van der Waals surface area contributed by atoms with E-state index >= 15 is 0 Å². The van der Waals surface area contributed by atoms with Crippen molar-refractivity contribution in [2.45, 2.75) is 63.7 Å². The number of aliphatic carboxylic acids is 1. The molecule has 178 valence electrons. The fourth-order valence-electron chi connectivity index (χ4n) is 3.93. The highest BCUT2D eigenvalue weighted by Gasteiger charge is 2.44. The Morgan fingerprint density at radius 2 is 2.19 bits per heavy atom. The van der Waals surface area contributed by atoms with Crippen LogP contribution in [0, 0.1) is 6.92 Å². The summed E-state index contributed by atoms with van der Waals surface area (Å²) < 4.78 is 51.1. The third kappa shape index (κ3) is 6.78. The molecule has 2 fully saturated rings. The number of carboxylic acids is 1. The van der Waals surface area contributed by atoms with Gasteiger partial charge in [-0.3, -0.25) is 9.58 Å². The molecule has 0 spiro atoms. The first-order valence-corrected chi connectivity index (χ1v) is 10.4. The number of aromatic nitrogens is 3. The van der Waals surface area contributed by atoms with Crippen molar-refractivity contribution >= 4 is 5.97 Å². The second-order valence-corrected chi connectivity index (χ2v) is 7.74. The molecule has 1 N–H and O–H groups in total. The van der Waals surface area contributed by atoms with E-state index in [4.69, 9.17) is 23.9 Å². The Balaban J connectivity index is 0.000000360. The van der Waals surface area contributed by atoms with E-state index in [-0.39, 0.29) is 12.2 Å². The van der Waals surface area contributed by atoms with Crippen LogP contribution in [0.5, 0.6) is 0 Å². The van der Waals surface area contributed by atoms with Crippen LogP contribution < -0.4 is 0 Å². The van der Waals surface area contributed by atoms with Crippen LogP contribution in [0.2, 0.25) is 0 Å². The van der Waals surface area contributed by atoms with Gasteiger partial charge in [-0.05, 0) is 32.3 Å². The Morgan fingerprint density at radius 3 is 2.81 bits per heavy atom. The zero-order chi connectivity index (χ0) is 23.1. The molecule has 12 heteroatoms. The Kier molecular flexibility index (Phi) is 8.26. The average molecular weight is 460 g/mol. The van der Waals surface area contributed by atoms with Gasteiger partial charge in [-0.15, -0.1) is 0 Å². The van der Waals surface area contributed by atoms with E-state index in [0.717, 1.165) is 63.6 Å². The van der Waals surface area contributed by atoms with E-state index in [2.05, 4.69) is 15.2 Å². The zero-order valence-electron chi connectivity index (χ0n) is 17.7. The summed E-state index contributed by atoms with van der Waals surface area (Å²) in [5, 5.41) is 15.5. The van der Waals surface area contributed by atoms with Crippen molar-refractivity contribution in [2.75, 3.05) is 19.8 Å². The topological polar surface area (TPSA) is 103 Å². The quantitative estimate of drug-likeness (QED) is 0.629. The van der Waals surface area contributed by atoms with Gasteiger partial charge in [0.05, 0.1) is 11.8 Å². The second kappa shape index (κ2) is 10.9. The predicted octanol–water partition coefficient (Wildman–Crippen LogP) is 2.65. The number of fused-ring (bicyclic) bond motifs is 1. The maximum absolute atomic E-state index is 10.6. The highest BCUT2D eigenvalue weighted by Crippen LogP contribution is 2.31. The van der Waals surface area contributed by atoms with Crippen LogP contribution in [0.15, 0.2) is 29.0 Å². The minimum atomic E-state index is -5.08. The van der Waals surface area contributed by atoms with Gasteiger partial charge in [-0.1, -0.05) is 5.16 Å². The van der Waals surface area contributed by atoms with E-state index in [0.29, 0.717) is 6.04 Å². The number of carboxylic acid groups (broad SMARTS) is 1. The van der Waals surface area contributed by atoms with E-state index in [1.807, 2.05) is 36.1 Å². The van der Waals surface area contributed by atoms with Gasteiger partial charge >= 0.3 is 12.1 Å². The second-order valence-electron chi connectivity index (χ2n) is 7.74. The van der Waals surface area contributed by atoms with Crippen molar-refractivity contribution in [3.63, 3.8) is 0 Å². The molecule has 32 heavy (non-hydrogen) atoms. The number of hydrogen-bond donors (Lipinski definition) is 1. The van der Waals surface area contributed by atoms with Crippen LogP contribution in [0.1, 0.15) is 30.7 Å². The SMILES string of the molecule is Cc1cc(CN2C[C@H](OCCCn3cccn3)[C@H]3OCCC[C@H]32)no1.O=C(O)C(F)(F)F. The Labute approximate surface area is 183 Å². The summed E-state index contributed by atoms with van der Waals surface area (Å²) >= 11 is 0. The lowest BCUT2D eigenvalue weighted by atomic mass is 10.0. The highest BCUT2D eigenvalue weighted by molar-refractivity contribution is 5.73. The number of rotatable bonds is 7. The summed E-state index contributed by atoms with van der Waals surface area (Å²) in [6.07, 6.45) is 2.25. The number of hydrogen-bond acceptors (Lipinski definition) is 7. The molecule has 2 aliphatic heterocycles. The molecule has 0 amide bonds. The number of alkyl halides is 3. The normalized spacial score (nSPS) is 23.4. The monoisotopic (exact) mass is 460 g/mol. The molecular weight excluding hydrogens is 433 g/mol. The molecular formula is C20H27F3N4O5. The molecule has 2 aromatic heterocycles. The highest BCUT2D eigenvalue weighted by atomic mass is 19.4. The van der Waals surface area contributed by atoms with E-state index in [9.17, 15) is 13.2 Å². The molecule has 3 atom stereocenters. The molecule has 0 aliphatic carbocycles. The van der Waals surface area contributed by atoms with Crippen LogP contribution >= 0.6 is 0 Å². The number of likely N-dealkylation sites (tertiary alicyclic amines) is 1. The molecule has 2 aliphatic rings. The zero-order valence-corrected chi connectivity index (χ0v) is 17.7. The van der Waals surface area contributed by atoms with Crippen molar-refractivity contribution in [1.29, 1.82) is 0 Å². The predicted molar refractivity (Wildman–Crippen MR) is 105 cm³/mol. The van der Waals surface area contributed by atoms with Gasteiger partial charge in [-0.25, -0.2) is 4.79 Å². The smallest absolute Gasteiger partial charge is 0.475 e. The van der Waals surface area contributed by atoms with Crippen molar-refractivity contribution in [3.8, 4) is 0 Å². The molecule has 0 saturated carbocycles. The number of ether oxygens (including phenoxy) is 2. The number of nitrogens with zero attached hydrogens (tertiary/aromatic N) is 4. The van der Waals surface area contributed by atoms with Crippen LogP contribution in [-0.2, 0) is 27.4 Å². The van der Waals surface area contributed by atoms with Crippen molar-refractivity contribution in [2.24, 2.45) is 0 Å². The Hall–Kier alpha value is -2.44. The van der Waals surface area contributed by atoms with E-state index in [1.165, 1.54) is 0 Å². The summed E-state index contributed by atoms with van der Waals surface area (Å²) in [7, 11) is 0. The number of halogens is 3. The Morgan fingerprint density at radius 1 is 1.41 bits per heavy atom. The third-order valence-corrected chi connectivity index (χ3v) is 5.29. The molecule has 0 radical (unpaired) electrons. The molecule has 9 nitrogen and oxygen atoms in total. The minimum absolute atomic E-state index is 0.135. The van der Waals surface area contributed by atoms with Gasteiger partial charge in [-0.2, -0.15) is 18.3 Å². The summed E-state index contributed by atoms with van der Waals surface area (Å²) in [4.78, 5) is 11.3. The van der Waals surface area contributed by atoms with Crippen LogP contribution in [0.25, 0.3) is 0 Å². The maximum atomic E-state index is 10.6. The van der Waals surface area contributed by atoms with Gasteiger partial charge in [0.15, 0.2) is 0 Å². The van der Waals surface area contributed by atoms with E-state index in [1.54, 1.807) is 0 Å².